The number of likely N-dealkylation sites (tertiary alicyclic amines) is 1. The van der Waals surface area contributed by atoms with Crippen molar-refractivity contribution in [3.8, 4) is 18.0 Å². The van der Waals surface area contributed by atoms with Crippen LogP contribution < -0.4 is 14.5 Å². The van der Waals surface area contributed by atoms with Crippen molar-refractivity contribution in [1.29, 1.82) is 10.5 Å². The second kappa shape index (κ2) is 12.4. The third kappa shape index (κ3) is 5.91. The number of piperazine rings is 1. The Labute approximate surface area is 263 Å². The molecule has 2 aromatic carbocycles. The van der Waals surface area contributed by atoms with Gasteiger partial charge in [0.05, 0.1) is 36.5 Å². The van der Waals surface area contributed by atoms with Gasteiger partial charge >= 0.3 is 0 Å². The number of alkyl halides is 1. The van der Waals surface area contributed by atoms with Crippen LogP contribution in [0.3, 0.4) is 0 Å². The molecule has 6 rings (SSSR count). The molecule has 0 spiro atoms. The molecule has 0 bridgehead atoms. The van der Waals surface area contributed by atoms with Crippen molar-refractivity contribution in [3.05, 3.63) is 71.4 Å². The summed E-state index contributed by atoms with van der Waals surface area (Å²) >= 11 is 0. The Morgan fingerprint density at radius 1 is 1.18 bits per heavy atom. The first-order valence-electron chi connectivity index (χ1n) is 15.5. The molecular formula is C35H38FN7O2. The largest absolute Gasteiger partial charge is 0.475 e. The van der Waals surface area contributed by atoms with E-state index in [1.165, 1.54) is 22.4 Å². The zero-order chi connectivity index (χ0) is 31.7. The molecule has 1 amide bonds. The Morgan fingerprint density at radius 2 is 1.96 bits per heavy atom. The van der Waals surface area contributed by atoms with Gasteiger partial charge < -0.3 is 19.4 Å². The van der Waals surface area contributed by atoms with Crippen molar-refractivity contribution >= 4 is 28.1 Å². The lowest BCUT2D eigenvalue weighted by atomic mass is 9.95. The normalized spacial score (nSPS) is 19.3. The lowest BCUT2D eigenvalue weighted by molar-refractivity contribution is -0.128. The van der Waals surface area contributed by atoms with Crippen LogP contribution in [0.15, 0.2) is 49.1 Å². The summed E-state index contributed by atoms with van der Waals surface area (Å²) in [5.74, 6) is 0.0692. The molecule has 4 heterocycles. The van der Waals surface area contributed by atoms with Crippen LogP contribution in [0.5, 0.6) is 5.88 Å². The van der Waals surface area contributed by atoms with Crippen molar-refractivity contribution in [1.82, 2.24) is 14.8 Å². The van der Waals surface area contributed by atoms with Crippen LogP contribution >= 0.6 is 0 Å². The van der Waals surface area contributed by atoms with E-state index in [1.54, 1.807) is 11.8 Å². The van der Waals surface area contributed by atoms with Crippen LogP contribution in [-0.4, -0.2) is 84.8 Å². The highest BCUT2D eigenvalue weighted by atomic mass is 19.1. The second-order valence-electron chi connectivity index (χ2n) is 12.5. The maximum atomic E-state index is 14.1. The van der Waals surface area contributed by atoms with Gasteiger partial charge in [0.1, 0.15) is 23.9 Å². The average molecular weight is 608 g/mol. The molecule has 3 aliphatic heterocycles. The third-order valence-electron chi connectivity index (χ3n) is 9.17. The molecule has 0 saturated carbocycles. The summed E-state index contributed by atoms with van der Waals surface area (Å²) in [5.41, 5.74) is 4.16. The van der Waals surface area contributed by atoms with E-state index in [0.29, 0.717) is 57.8 Å². The summed E-state index contributed by atoms with van der Waals surface area (Å²) in [7, 11) is 0. The molecule has 2 fully saturated rings. The minimum atomic E-state index is -1.17. The standard InChI is InChI=1S/C35H38FN7O2/c1-4-31(44)43-16-15-42(20-26(43)11-13-37)33-27-12-14-41(30-10-6-9-25-8-5-7-24(2)32(25)30)21-29(27)39-34(28(33)19-38)45-18-17-40-22-35(3,36)23-40/h4-10,26H,1,11-12,14-18,20-23H2,2-3H3/t26-/m0/s1. The number of nitrogens with zero attached hydrogens (tertiary/aromatic N) is 7. The summed E-state index contributed by atoms with van der Waals surface area (Å²) in [4.78, 5) is 25.7. The van der Waals surface area contributed by atoms with E-state index in [4.69, 9.17) is 9.72 Å². The number of aryl methyl sites for hydroxylation is 1. The van der Waals surface area contributed by atoms with Crippen molar-refractivity contribution in [2.45, 2.75) is 44.9 Å². The van der Waals surface area contributed by atoms with Crippen LogP contribution in [0.2, 0.25) is 0 Å². The third-order valence-corrected chi connectivity index (χ3v) is 9.17. The van der Waals surface area contributed by atoms with Crippen LogP contribution in [0, 0.1) is 29.6 Å². The number of hydrogen-bond acceptors (Lipinski definition) is 8. The molecule has 9 nitrogen and oxygen atoms in total. The van der Waals surface area contributed by atoms with Crippen LogP contribution in [0.25, 0.3) is 10.8 Å². The van der Waals surface area contributed by atoms with Crippen LogP contribution in [0.4, 0.5) is 15.8 Å². The lowest BCUT2D eigenvalue weighted by Gasteiger charge is -2.43. The summed E-state index contributed by atoms with van der Waals surface area (Å²) in [5, 5.41) is 22.5. The van der Waals surface area contributed by atoms with E-state index in [1.807, 2.05) is 4.90 Å². The SMILES string of the molecule is C=CC(=O)N1CCN(c2c(C#N)c(OCCN3CC(C)(F)C3)nc3c2CCN(c2cccc4cccc(C)c24)C3)C[C@@H]1CC#N. The van der Waals surface area contributed by atoms with Crippen molar-refractivity contribution in [2.24, 2.45) is 0 Å². The number of carbonyl (C=O) groups excluding carboxylic acids is 1. The molecule has 0 aliphatic carbocycles. The van der Waals surface area contributed by atoms with Gasteiger partial charge in [0, 0.05) is 62.5 Å². The predicted octanol–water partition coefficient (Wildman–Crippen LogP) is 4.52. The molecule has 0 N–H and O–H groups in total. The Hall–Kier alpha value is -4.67. The average Bonchev–Trinajstić information content (AvgIpc) is 3.02. The number of hydrogen-bond donors (Lipinski definition) is 0. The number of pyridine rings is 1. The fourth-order valence-electron chi connectivity index (χ4n) is 7.13. The maximum absolute atomic E-state index is 14.1. The maximum Gasteiger partial charge on any atom is 0.246 e. The van der Waals surface area contributed by atoms with Gasteiger partial charge in [0.25, 0.3) is 0 Å². The predicted molar refractivity (Wildman–Crippen MR) is 172 cm³/mol. The van der Waals surface area contributed by atoms with Crippen molar-refractivity contribution in [3.63, 3.8) is 0 Å². The summed E-state index contributed by atoms with van der Waals surface area (Å²) in [6.45, 7) is 11.5. The minimum absolute atomic E-state index is 0.173. The molecule has 2 saturated heterocycles. The summed E-state index contributed by atoms with van der Waals surface area (Å²) < 4.78 is 20.3. The number of halogens is 1. The highest BCUT2D eigenvalue weighted by molar-refractivity contribution is 5.97. The van der Waals surface area contributed by atoms with Gasteiger partial charge in [-0.2, -0.15) is 10.5 Å². The van der Waals surface area contributed by atoms with E-state index in [0.717, 1.165) is 29.2 Å². The van der Waals surface area contributed by atoms with E-state index >= 15 is 0 Å². The summed E-state index contributed by atoms with van der Waals surface area (Å²) in [6.07, 6.45) is 2.13. The van der Waals surface area contributed by atoms with Crippen molar-refractivity contribution < 1.29 is 13.9 Å². The smallest absolute Gasteiger partial charge is 0.246 e. The minimum Gasteiger partial charge on any atom is -0.475 e. The number of benzene rings is 2. The van der Waals surface area contributed by atoms with Gasteiger partial charge in [0.15, 0.2) is 0 Å². The molecule has 3 aliphatic rings. The topological polar surface area (TPSA) is 99.7 Å². The van der Waals surface area contributed by atoms with E-state index in [-0.39, 0.29) is 30.9 Å². The van der Waals surface area contributed by atoms with Gasteiger partial charge in [-0.15, -0.1) is 0 Å². The number of amides is 1. The first-order chi connectivity index (χ1) is 21.7. The highest BCUT2D eigenvalue weighted by Gasteiger charge is 2.39. The number of nitriles is 2. The monoisotopic (exact) mass is 607 g/mol. The fourth-order valence-corrected chi connectivity index (χ4v) is 7.13. The molecule has 232 valence electrons. The van der Waals surface area contributed by atoms with E-state index in [2.05, 4.69) is 71.8 Å². The van der Waals surface area contributed by atoms with Gasteiger partial charge in [-0.1, -0.05) is 36.9 Å². The van der Waals surface area contributed by atoms with Gasteiger partial charge in [-0.3, -0.25) is 9.69 Å². The summed E-state index contributed by atoms with van der Waals surface area (Å²) in [6, 6.07) is 17.0. The molecule has 45 heavy (non-hydrogen) atoms. The number of aromatic nitrogens is 1. The van der Waals surface area contributed by atoms with Crippen LogP contribution in [0.1, 0.15) is 35.7 Å². The van der Waals surface area contributed by atoms with E-state index < -0.39 is 5.67 Å². The van der Waals surface area contributed by atoms with Crippen LogP contribution in [-0.2, 0) is 17.8 Å². The van der Waals surface area contributed by atoms with Crippen molar-refractivity contribution in [2.75, 3.05) is 62.2 Å². The lowest BCUT2D eigenvalue weighted by Crippen LogP contribution is -2.57. The zero-order valence-electron chi connectivity index (χ0n) is 25.9. The Kier molecular flexibility index (Phi) is 8.35. The number of anilines is 2. The number of ether oxygens (including phenoxy) is 1. The molecule has 10 heteroatoms. The number of rotatable bonds is 8. The molecule has 0 radical (unpaired) electrons. The first kappa shape index (κ1) is 30.4. The number of fused-ring (bicyclic) bond motifs is 2. The Balaban J connectivity index is 1.37. The fraction of sp³-hybridized carbons (Fsp3) is 0.429. The molecule has 0 unspecified atom stereocenters. The molecular weight excluding hydrogens is 569 g/mol. The number of carbonyl (C=O) groups is 1. The zero-order valence-corrected chi connectivity index (χ0v) is 25.9. The quantitative estimate of drug-likeness (QED) is 0.345. The molecule has 1 atom stereocenters. The molecule has 1 aromatic heterocycles. The second-order valence-corrected chi connectivity index (χ2v) is 12.5. The van der Waals surface area contributed by atoms with Gasteiger partial charge in [-0.05, 0) is 43.4 Å². The van der Waals surface area contributed by atoms with E-state index in [9.17, 15) is 19.7 Å². The Bertz CT molecular complexity index is 1710. The van der Waals surface area contributed by atoms with Gasteiger partial charge in [0.2, 0.25) is 11.8 Å². The molecule has 3 aromatic rings. The highest BCUT2D eigenvalue weighted by Crippen LogP contribution is 2.40. The first-order valence-corrected chi connectivity index (χ1v) is 15.5. The van der Waals surface area contributed by atoms with Gasteiger partial charge in [-0.25, -0.2) is 9.37 Å². The Morgan fingerprint density at radius 3 is 2.67 bits per heavy atom.